The van der Waals surface area contributed by atoms with Gasteiger partial charge in [0.05, 0.1) is 40.8 Å². The molecule has 11 heteroatoms. The summed E-state index contributed by atoms with van der Waals surface area (Å²) in [7, 11) is 1.27. The monoisotopic (exact) mass is 478 g/mol. The molecule has 0 amide bonds. The second kappa shape index (κ2) is 15.2. The fraction of sp³-hybridized carbons (Fsp3) is 0.667. The molecule has 0 bridgehead atoms. The molecule has 1 aromatic rings. The average Bonchev–Trinajstić information content (AvgIpc) is 2.62. The molecule has 2 unspecified atom stereocenters. The lowest BCUT2D eigenvalue weighted by atomic mass is 10.1. The fourth-order valence-corrected chi connectivity index (χ4v) is 3.94. The van der Waals surface area contributed by atoms with Gasteiger partial charge in [0.1, 0.15) is 18.4 Å². The number of phosphoric acid groups is 1. The molecule has 10 nitrogen and oxygen atoms in total. The van der Waals surface area contributed by atoms with Crippen molar-refractivity contribution < 1.29 is 43.1 Å². The first-order chi connectivity index (χ1) is 14.5. The Morgan fingerprint density at radius 1 is 1.03 bits per heavy atom. The Labute approximate surface area is 190 Å². The minimum Gasteiger partial charge on any atom is -0.870 e. The van der Waals surface area contributed by atoms with Crippen LogP contribution in [0.1, 0.15) is 44.9 Å². The predicted octanol–water partition coefficient (Wildman–Crippen LogP) is 3.49. The van der Waals surface area contributed by atoms with Crippen molar-refractivity contribution in [2.24, 2.45) is 0 Å². The van der Waals surface area contributed by atoms with Gasteiger partial charge < -0.3 is 30.4 Å². The zero-order valence-electron chi connectivity index (χ0n) is 19.3. The Kier molecular flexibility index (Phi) is 14.4. The maximum atomic E-state index is 12.1. The van der Waals surface area contributed by atoms with Crippen LogP contribution in [-0.2, 0) is 18.4 Å². The van der Waals surface area contributed by atoms with E-state index in [9.17, 15) is 14.3 Å². The van der Waals surface area contributed by atoms with Gasteiger partial charge in [0.2, 0.25) is 0 Å². The van der Waals surface area contributed by atoms with Gasteiger partial charge in [0.15, 0.2) is 0 Å². The number of carboxylic acids is 1. The summed E-state index contributed by atoms with van der Waals surface area (Å²) in [6.07, 6.45) is 4.28. The first kappa shape index (κ1) is 30.3. The van der Waals surface area contributed by atoms with E-state index < -0.39 is 19.9 Å². The van der Waals surface area contributed by atoms with Gasteiger partial charge in [-0.3, -0.25) is 13.8 Å². The molecule has 0 saturated carbocycles. The molecule has 0 radical (unpaired) electrons. The van der Waals surface area contributed by atoms with E-state index in [0.717, 1.165) is 37.9 Å². The Balaban J connectivity index is 0.00000961. The number of hydrogen-bond acceptors (Lipinski definition) is 7. The van der Waals surface area contributed by atoms with Crippen molar-refractivity contribution in [2.45, 2.75) is 51.0 Å². The lowest BCUT2D eigenvalue weighted by Crippen LogP contribution is -2.42. The molecule has 1 aromatic carbocycles. The van der Waals surface area contributed by atoms with Crippen LogP contribution in [0.2, 0.25) is 0 Å². The van der Waals surface area contributed by atoms with Crippen LogP contribution in [-0.4, -0.2) is 72.9 Å². The second-order valence-electron chi connectivity index (χ2n) is 8.64. The maximum Gasteiger partial charge on any atom is 0.472 e. The van der Waals surface area contributed by atoms with Crippen LogP contribution in [0.4, 0.5) is 5.69 Å². The largest absolute Gasteiger partial charge is 0.870 e. The lowest BCUT2D eigenvalue weighted by molar-refractivity contribution is -0.873. The fourth-order valence-electron chi connectivity index (χ4n) is 3.00. The van der Waals surface area contributed by atoms with Crippen molar-refractivity contribution in [3.05, 3.63) is 24.3 Å². The third-order valence-electron chi connectivity index (χ3n) is 4.38. The van der Waals surface area contributed by atoms with Crippen LogP contribution < -0.4 is 10.5 Å². The number of nitrogens with two attached hydrogens (primary N) is 1. The quantitative estimate of drug-likeness (QED) is 0.132. The Morgan fingerprint density at radius 2 is 1.56 bits per heavy atom. The molecule has 1 rings (SSSR count). The number of aliphatic carboxylic acids is 1. The van der Waals surface area contributed by atoms with Crippen LogP contribution in [0.15, 0.2) is 24.3 Å². The summed E-state index contributed by atoms with van der Waals surface area (Å²) in [5.74, 6) is -0.272. The molecular formula is C21H39N2O8P. The Bertz CT molecular complexity index is 694. The van der Waals surface area contributed by atoms with Gasteiger partial charge in [0.25, 0.3) is 0 Å². The number of anilines is 1. The van der Waals surface area contributed by atoms with Gasteiger partial charge in [-0.05, 0) is 37.1 Å². The highest BCUT2D eigenvalue weighted by molar-refractivity contribution is 7.47. The predicted molar refractivity (Wildman–Crippen MR) is 122 cm³/mol. The van der Waals surface area contributed by atoms with E-state index >= 15 is 0 Å². The summed E-state index contributed by atoms with van der Waals surface area (Å²) in [5, 5.41) is 8.98. The molecule has 0 aliphatic heterocycles. The highest BCUT2D eigenvalue weighted by atomic mass is 31.2. The summed E-state index contributed by atoms with van der Waals surface area (Å²) >= 11 is 0. The number of nitrogens with zero attached hydrogens (tertiary/aromatic N) is 1. The van der Waals surface area contributed by atoms with Crippen LogP contribution >= 0.6 is 7.82 Å². The normalized spacial score (nSPS) is 14.2. The van der Waals surface area contributed by atoms with Gasteiger partial charge >= 0.3 is 13.8 Å². The minimum atomic E-state index is -4.29. The molecule has 0 aliphatic rings. The van der Waals surface area contributed by atoms with Crippen molar-refractivity contribution in [1.29, 1.82) is 0 Å². The van der Waals surface area contributed by atoms with Gasteiger partial charge in [0, 0.05) is 5.69 Å². The molecule has 5 N–H and O–H groups in total. The third kappa shape index (κ3) is 16.0. The van der Waals surface area contributed by atoms with E-state index in [2.05, 4.69) is 0 Å². The van der Waals surface area contributed by atoms with Crippen molar-refractivity contribution in [2.75, 3.05) is 46.6 Å². The Morgan fingerprint density at radius 3 is 2.09 bits per heavy atom. The molecule has 186 valence electrons. The number of hydrogen-bond donors (Lipinski definition) is 3. The molecule has 0 aliphatic carbocycles. The van der Waals surface area contributed by atoms with Crippen LogP contribution in [0.5, 0.6) is 5.75 Å². The number of quaternary nitrogens is 1. The van der Waals surface area contributed by atoms with Crippen molar-refractivity contribution in [1.82, 2.24) is 0 Å². The van der Waals surface area contributed by atoms with Crippen molar-refractivity contribution >= 4 is 19.5 Å². The van der Waals surface area contributed by atoms with Crippen LogP contribution in [0.3, 0.4) is 0 Å². The van der Waals surface area contributed by atoms with E-state index in [0.29, 0.717) is 23.2 Å². The summed E-state index contributed by atoms with van der Waals surface area (Å²) < 4.78 is 28.3. The van der Waals surface area contributed by atoms with E-state index in [1.54, 1.807) is 0 Å². The zero-order chi connectivity index (χ0) is 23.3. The summed E-state index contributed by atoms with van der Waals surface area (Å²) in [6.45, 7) is 1.03. The molecule has 0 heterocycles. The Hall–Kier alpha value is -1.68. The highest BCUT2D eigenvalue weighted by Crippen LogP contribution is 2.45. The minimum absolute atomic E-state index is 0. The van der Waals surface area contributed by atoms with Gasteiger partial charge in [-0.2, -0.15) is 0 Å². The number of unbranched alkanes of at least 4 members (excludes halogenated alkanes) is 5. The third-order valence-corrected chi connectivity index (χ3v) is 5.45. The van der Waals surface area contributed by atoms with E-state index in [1.807, 2.05) is 45.4 Å². The molecule has 2 atom stereocenters. The van der Waals surface area contributed by atoms with Gasteiger partial charge in [-0.25, -0.2) is 4.57 Å². The molecule has 0 fully saturated rings. The number of ether oxygens (including phenoxy) is 1. The van der Waals surface area contributed by atoms with Crippen LogP contribution in [0, 0.1) is 0 Å². The summed E-state index contributed by atoms with van der Waals surface area (Å²) in [6, 6.07) is 7.32. The number of rotatable bonds is 17. The van der Waals surface area contributed by atoms with Crippen LogP contribution in [0.25, 0.3) is 0 Å². The lowest BCUT2D eigenvalue weighted by Gasteiger charge is -2.29. The van der Waals surface area contributed by atoms with E-state index in [1.165, 1.54) is 0 Å². The molecule has 0 aromatic heterocycles. The van der Waals surface area contributed by atoms with Crippen molar-refractivity contribution in [3.63, 3.8) is 0 Å². The van der Waals surface area contributed by atoms with Gasteiger partial charge in [-0.15, -0.1) is 0 Å². The van der Waals surface area contributed by atoms with Crippen molar-refractivity contribution in [3.8, 4) is 5.75 Å². The SMILES string of the molecule is C[N+](C)(C)CC(CC(=O)O)OP(=O)(O)OCCCCCCCCOc1ccc(N)cc1.[OH-]. The zero-order valence-corrected chi connectivity index (χ0v) is 20.2. The van der Waals surface area contributed by atoms with E-state index in [-0.39, 0.29) is 25.0 Å². The number of carboxylic acid groups (broad SMARTS) is 1. The molecule has 32 heavy (non-hydrogen) atoms. The van der Waals surface area contributed by atoms with Gasteiger partial charge in [-0.1, -0.05) is 25.7 Å². The second-order valence-corrected chi connectivity index (χ2v) is 10.0. The number of likely N-dealkylation sites (N-methyl/N-ethyl adjacent to an activating group) is 1. The highest BCUT2D eigenvalue weighted by Gasteiger charge is 2.31. The average molecular weight is 479 g/mol. The number of benzene rings is 1. The number of carbonyl (C=O) groups is 1. The summed E-state index contributed by atoms with van der Waals surface area (Å²) in [4.78, 5) is 20.9. The first-order valence-electron chi connectivity index (χ1n) is 10.6. The standard InChI is InChI=1S/C21H37N2O7P.H2O/c1-23(2,3)17-20(16-21(24)25)30-31(26,27)29-15-9-7-5-4-6-8-14-28-19-12-10-18(22)11-13-19;/h10-13,20H,4-9,14-17,22H2,1-3H3,(H-,24,25,26,27);1H2. The number of nitrogen functional groups attached to an aromatic ring is 1. The van der Waals surface area contributed by atoms with E-state index in [4.69, 9.17) is 24.6 Å². The summed E-state index contributed by atoms with van der Waals surface area (Å²) in [5.41, 5.74) is 6.34. The maximum absolute atomic E-state index is 12.1. The molecular weight excluding hydrogens is 439 g/mol. The molecule has 0 saturated heterocycles. The number of phosphoric ester groups is 1. The molecule has 0 spiro atoms. The topological polar surface area (TPSA) is 158 Å². The smallest absolute Gasteiger partial charge is 0.472 e. The first-order valence-corrected chi connectivity index (χ1v) is 12.1.